The first kappa shape index (κ1) is 15.5. The van der Waals surface area contributed by atoms with Crippen LogP contribution in [0.1, 0.15) is 28.4 Å². The Morgan fingerprint density at radius 2 is 2.09 bits per heavy atom. The predicted octanol–water partition coefficient (Wildman–Crippen LogP) is 3.26. The molecule has 0 aromatic heterocycles. The molecular formula is C18H17F2NO2. The first-order chi connectivity index (χ1) is 11.0. The van der Waals surface area contributed by atoms with E-state index in [1.165, 1.54) is 5.56 Å². The third kappa shape index (κ3) is 3.50. The smallest absolute Gasteiger partial charge is 0.254 e. The van der Waals surface area contributed by atoms with Gasteiger partial charge in [0.05, 0.1) is 12.2 Å². The third-order valence-electron chi connectivity index (χ3n) is 3.85. The van der Waals surface area contributed by atoms with E-state index in [2.05, 4.69) is 11.4 Å². The molecule has 1 aliphatic rings. The van der Waals surface area contributed by atoms with Gasteiger partial charge in [-0.3, -0.25) is 4.79 Å². The Morgan fingerprint density at radius 3 is 2.87 bits per heavy atom. The topological polar surface area (TPSA) is 38.3 Å². The number of rotatable bonds is 4. The highest BCUT2D eigenvalue weighted by atomic mass is 19.1. The number of benzene rings is 2. The SMILES string of the molecule is CC(Cc1ccc2c(c1)CCO2)NC(=O)c1ccc(F)cc1F. The summed E-state index contributed by atoms with van der Waals surface area (Å²) in [5, 5.41) is 2.74. The van der Waals surface area contributed by atoms with Crippen molar-refractivity contribution in [2.45, 2.75) is 25.8 Å². The average molecular weight is 317 g/mol. The molecule has 120 valence electrons. The van der Waals surface area contributed by atoms with Crippen molar-refractivity contribution < 1.29 is 18.3 Å². The van der Waals surface area contributed by atoms with Gasteiger partial charge in [0.15, 0.2) is 0 Å². The molecule has 2 aromatic rings. The van der Waals surface area contributed by atoms with Gasteiger partial charge in [-0.1, -0.05) is 12.1 Å². The summed E-state index contributed by atoms with van der Waals surface area (Å²) < 4.78 is 32.0. The summed E-state index contributed by atoms with van der Waals surface area (Å²) in [5.41, 5.74) is 2.10. The summed E-state index contributed by atoms with van der Waals surface area (Å²) in [5.74, 6) is -1.19. The molecule has 1 aliphatic heterocycles. The second kappa shape index (κ2) is 6.36. The Morgan fingerprint density at radius 1 is 1.26 bits per heavy atom. The fourth-order valence-corrected chi connectivity index (χ4v) is 2.75. The maximum atomic E-state index is 13.6. The first-order valence-corrected chi connectivity index (χ1v) is 7.53. The molecule has 23 heavy (non-hydrogen) atoms. The highest BCUT2D eigenvalue weighted by Gasteiger charge is 2.16. The Balaban J connectivity index is 1.64. The van der Waals surface area contributed by atoms with E-state index in [1.54, 1.807) is 0 Å². The van der Waals surface area contributed by atoms with E-state index >= 15 is 0 Å². The van der Waals surface area contributed by atoms with E-state index in [4.69, 9.17) is 4.74 Å². The Kier molecular flexibility index (Phi) is 4.28. The van der Waals surface area contributed by atoms with Crippen molar-refractivity contribution in [3.05, 3.63) is 64.7 Å². The largest absolute Gasteiger partial charge is 0.493 e. The number of hydrogen-bond donors (Lipinski definition) is 1. The lowest BCUT2D eigenvalue weighted by molar-refractivity contribution is 0.0936. The van der Waals surface area contributed by atoms with Crippen LogP contribution < -0.4 is 10.1 Å². The van der Waals surface area contributed by atoms with Crippen LogP contribution in [0.5, 0.6) is 5.75 Å². The van der Waals surface area contributed by atoms with Crippen molar-refractivity contribution in [2.75, 3.05) is 6.61 Å². The van der Waals surface area contributed by atoms with Gasteiger partial charge < -0.3 is 10.1 Å². The van der Waals surface area contributed by atoms with Crippen LogP contribution in [0.4, 0.5) is 8.78 Å². The molecule has 0 bridgehead atoms. The summed E-state index contributed by atoms with van der Waals surface area (Å²) in [7, 11) is 0. The fourth-order valence-electron chi connectivity index (χ4n) is 2.75. The van der Waals surface area contributed by atoms with Crippen LogP contribution in [0, 0.1) is 11.6 Å². The second-order valence-corrected chi connectivity index (χ2v) is 5.74. The standard InChI is InChI=1S/C18H17F2NO2/c1-11(8-12-2-5-17-13(9-12)6-7-23-17)21-18(22)15-4-3-14(19)10-16(15)20/h2-5,9-11H,6-8H2,1H3,(H,21,22). The van der Waals surface area contributed by atoms with Crippen molar-refractivity contribution >= 4 is 5.91 Å². The number of amides is 1. The van der Waals surface area contributed by atoms with E-state index in [0.29, 0.717) is 19.1 Å². The van der Waals surface area contributed by atoms with E-state index in [0.717, 1.165) is 29.9 Å². The summed E-state index contributed by atoms with van der Waals surface area (Å²) in [6, 6.07) is 8.73. The van der Waals surface area contributed by atoms with Crippen LogP contribution in [-0.2, 0) is 12.8 Å². The number of fused-ring (bicyclic) bond motifs is 1. The van der Waals surface area contributed by atoms with Crippen LogP contribution in [0.3, 0.4) is 0 Å². The fraction of sp³-hybridized carbons (Fsp3) is 0.278. The van der Waals surface area contributed by atoms with E-state index < -0.39 is 17.5 Å². The van der Waals surface area contributed by atoms with Gasteiger partial charge in [-0.05, 0) is 42.7 Å². The molecule has 0 saturated heterocycles. The predicted molar refractivity (Wildman–Crippen MR) is 82.6 cm³/mol. The zero-order chi connectivity index (χ0) is 16.4. The minimum Gasteiger partial charge on any atom is -0.493 e. The Bertz CT molecular complexity index is 746. The summed E-state index contributed by atoms with van der Waals surface area (Å²) in [6.45, 7) is 2.55. The molecule has 1 amide bonds. The molecule has 0 spiro atoms. The lowest BCUT2D eigenvalue weighted by atomic mass is 10.0. The quantitative estimate of drug-likeness (QED) is 0.940. The van der Waals surface area contributed by atoms with Gasteiger partial charge in [0.25, 0.3) is 5.91 Å². The highest BCUT2D eigenvalue weighted by Crippen LogP contribution is 2.26. The van der Waals surface area contributed by atoms with Crippen LogP contribution in [0.2, 0.25) is 0 Å². The minimum atomic E-state index is -0.857. The number of ether oxygens (including phenoxy) is 1. The van der Waals surface area contributed by atoms with Crippen LogP contribution in [0.15, 0.2) is 36.4 Å². The maximum absolute atomic E-state index is 13.6. The number of carbonyl (C=O) groups excluding carboxylic acids is 1. The van der Waals surface area contributed by atoms with Gasteiger partial charge in [0.1, 0.15) is 17.4 Å². The van der Waals surface area contributed by atoms with Gasteiger partial charge >= 0.3 is 0 Å². The molecule has 0 radical (unpaired) electrons. The van der Waals surface area contributed by atoms with Gasteiger partial charge in [0.2, 0.25) is 0 Å². The van der Waals surface area contributed by atoms with Gasteiger partial charge in [0, 0.05) is 18.5 Å². The Hall–Kier alpha value is -2.43. The monoisotopic (exact) mass is 317 g/mol. The number of carbonyl (C=O) groups is 1. The molecular weight excluding hydrogens is 300 g/mol. The van der Waals surface area contributed by atoms with Crippen LogP contribution in [0.25, 0.3) is 0 Å². The summed E-state index contributed by atoms with van der Waals surface area (Å²) >= 11 is 0. The molecule has 1 heterocycles. The zero-order valence-corrected chi connectivity index (χ0v) is 12.7. The van der Waals surface area contributed by atoms with E-state index in [-0.39, 0.29) is 11.6 Å². The average Bonchev–Trinajstić information content (AvgIpc) is 2.94. The van der Waals surface area contributed by atoms with E-state index in [1.807, 2.05) is 19.1 Å². The maximum Gasteiger partial charge on any atom is 0.254 e. The van der Waals surface area contributed by atoms with Crippen LogP contribution >= 0.6 is 0 Å². The van der Waals surface area contributed by atoms with Gasteiger partial charge in [-0.25, -0.2) is 8.78 Å². The molecule has 0 saturated carbocycles. The lowest BCUT2D eigenvalue weighted by Crippen LogP contribution is -2.34. The molecule has 1 unspecified atom stereocenters. The van der Waals surface area contributed by atoms with Crippen molar-refractivity contribution in [1.82, 2.24) is 5.32 Å². The van der Waals surface area contributed by atoms with Gasteiger partial charge in [-0.15, -0.1) is 0 Å². The number of hydrogen-bond acceptors (Lipinski definition) is 2. The normalized spacial score (nSPS) is 14.0. The lowest BCUT2D eigenvalue weighted by Gasteiger charge is -2.15. The van der Waals surface area contributed by atoms with Gasteiger partial charge in [-0.2, -0.15) is 0 Å². The first-order valence-electron chi connectivity index (χ1n) is 7.53. The van der Waals surface area contributed by atoms with Crippen molar-refractivity contribution in [3.63, 3.8) is 0 Å². The number of nitrogens with one attached hydrogen (secondary N) is 1. The third-order valence-corrected chi connectivity index (χ3v) is 3.85. The molecule has 0 fully saturated rings. The van der Waals surface area contributed by atoms with Crippen molar-refractivity contribution in [1.29, 1.82) is 0 Å². The molecule has 0 aliphatic carbocycles. The van der Waals surface area contributed by atoms with Crippen LogP contribution in [-0.4, -0.2) is 18.6 Å². The van der Waals surface area contributed by atoms with Crippen molar-refractivity contribution in [3.8, 4) is 5.75 Å². The minimum absolute atomic E-state index is 0.152. The van der Waals surface area contributed by atoms with Crippen molar-refractivity contribution in [2.24, 2.45) is 0 Å². The second-order valence-electron chi connectivity index (χ2n) is 5.74. The molecule has 2 aromatic carbocycles. The summed E-state index contributed by atoms with van der Waals surface area (Å²) in [4.78, 5) is 12.1. The Labute approximate surface area is 133 Å². The molecule has 3 rings (SSSR count). The highest BCUT2D eigenvalue weighted by molar-refractivity contribution is 5.94. The molecule has 1 N–H and O–H groups in total. The number of halogens is 2. The molecule has 1 atom stereocenters. The zero-order valence-electron chi connectivity index (χ0n) is 12.7. The molecule has 5 heteroatoms. The van der Waals surface area contributed by atoms with E-state index in [9.17, 15) is 13.6 Å². The molecule has 3 nitrogen and oxygen atoms in total. The summed E-state index contributed by atoms with van der Waals surface area (Å²) in [6.07, 6.45) is 1.52.